The van der Waals surface area contributed by atoms with Gasteiger partial charge in [-0.05, 0) is 67.7 Å². The molecule has 8 heteroatoms. The molecule has 0 saturated carbocycles. The van der Waals surface area contributed by atoms with Gasteiger partial charge < -0.3 is 15.2 Å². The van der Waals surface area contributed by atoms with E-state index in [1.807, 2.05) is 25.3 Å². The van der Waals surface area contributed by atoms with Crippen LogP contribution in [0.2, 0.25) is 5.02 Å². The molecule has 2 heterocycles. The molecule has 1 atom stereocenters. The molecule has 2 aromatic carbocycles. The standard InChI is InChI=1S/C26H30ClN4OPS/c1-17-8-9-20(23(27)24(17)33(2,3)32)34-22-16-29-21(15-30-22)31-12-10-26(11-13-31)14-18-6-4-5-7-19(18)25(26)28/h4-9,15-16,25H,10-14,28H2,1-3H3/t25-/m1/s1. The Bertz CT molecular complexity index is 1270. The van der Waals surface area contributed by atoms with Crippen molar-refractivity contribution in [2.45, 2.75) is 42.1 Å². The van der Waals surface area contributed by atoms with Crippen molar-refractivity contribution < 1.29 is 4.57 Å². The average Bonchev–Trinajstić information content (AvgIpc) is 3.07. The van der Waals surface area contributed by atoms with Gasteiger partial charge in [0.25, 0.3) is 0 Å². The maximum atomic E-state index is 12.7. The van der Waals surface area contributed by atoms with E-state index in [0.29, 0.717) is 5.02 Å². The number of benzene rings is 2. The Kier molecular flexibility index (Phi) is 6.31. The summed E-state index contributed by atoms with van der Waals surface area (Å²) in [4.78, 5) is 12.5. The smallest absolute Gasteiger partial charge is 0.147 e. The fourth-order valence-corrected chi connectivity index (χ4v) is 8.80. The third-order valence-electron chi connectivity index (χ3n) is 7.33. The Labute approximate surface area is 210 Å². The first-order valence-corrected chi connectivity index (χ1v) is 15.4. The van der Waals surface area contributed by atoms with E-state index in [9.17, 15) is 4.57 Å². The zero-order valence-electron chi connectivity index (χ0n) is 19.8. The second kappa shape index (κ2) is 8.98. The molecule has 1 saturated heterocycles. The molecule has 0 unspecified atom stereocenters. The summed E-state index contributed by atoms with van der Waals surface area (Å²) in [6.45, 7) is 7.31. The molecule has 34 heavy (non-hydrogen) atoms. The number of halogens is 1. The average molecular weight is 513 g/mol. The van der Waals surface area contributed by atoms with Crippen LogP contribution < -0.4 is 15.9 Å². The fourth-order valence-electron chi connectivity index (χ4n) is 5.51. The van der Waals surface area contributed by atoms with Gasteiger partial charge in [0.1, 0.15) is 18.0 Å². The molecule has 2 N–H and O–H groups in total. The highest BCUT2D eigenvalue weighted by Gasteiger charge is 2.45. The van der Waals surface area contributed by atoms with Gasteiger partial charge in [-0.3, -0.25) is 0 Å². The van der Waals surface area contributed by atoms with E-state index < -0.39 is 7.14 Å². The van der Waals surface area contributed by atoms with Crippen LogP contribution in [0.15, 0.2) is 58.7 Å². The van der Waals surface area contributed by atoms with Gasteiger partial charge >= 0.3 is 0 Å². The molecule has 1 spiro atoms. The Morgan fingerprint density at radius 3 is 2.50 bits per heavy atom. The van der Waals surface area contributed by atoms with Crippen LogP contribution in [-0.2, 0) is 11.0 Å². The molecule has 1 aliphatic heterocycles. The Hall–Kier alpha value is -1.85. The molecule has 5 rings (SSSR count). The lowest BCUT2D eigenvalue weighted by atomic mass is 9.73. The summed E-state index contributed by atoms with van der Waals surface area (Å²) in [6.07, 6.45) is 6.82. The molecular formula is C26H30ClN4OPS. The molecule has 2 aliphatic rings. The van der Waals surface area contributed by atoms with Gasteiger partial charge in [0.2, 0.25) is 0 Å². The number of hydrogen-bond donors (Lipinski definition) is 1. The first-order valence-electron chi connectivity index (χ1n) is 11.6. The number of nitrogens with zero attached hydrogens (tertiary/aromatic N) is 3. The highest BCUT2D eigenvalue weighted by atomic mass is 35.5. The molecule has 0 amide bonds. The summed E-state index contributed by atoms with van der Waals surface area (Å²) < 4.78 is 12.7. The van der Waals surface area contributed by atoms with E-state index in [2.05, 4.69) is 34.1 Å². The minimum absolute atomic E-state index is 0.112. The zero-order chi connectivity index (χ0) is 24.1. The minimum Gasteiger partial charge on any atom is -0.355 e. The van der Waals surface area contributed by atoms with Crippen molar-refractivity contribution in [1.29, 1.82) is 0 Å². The maximum Gasteiger partial charge on any atom is 0.147 e. The van der Waals surface area contributed by atoms with Crippen LogP contribution in [0.1, 0.15) is 35.6 Å². The summed E-state index contributed by atoms with van der Waals surface area (Å²) in [5.74, 6) is 0.894. The SMILES string of the molecule is Cc1ccc(Sc2cnc(N3CCC4(CC3)Cc3ccccc3[C@H]4N)cn2)c(Cl)c1P(C)(C)=O. The molecule has 0 radical (unpaired) electrons. The molecule has 3 aromatic rings. The highest BCUT2D eigenvalue weighted by molar-refractivity contribution is 7.99. The van der Waals surface area contributed by atoms with Crippen molar-refractivity contribution in [1.82, 2.24) is 9.97 Å². The lowest BCUT2D eigenvalue weighted by Crippen LogP contribution is -2.44. The largest absolute Gasteiger partial charge is 0.355 e. The van der Waals surface area contributed by atoms with Crippen molar-refractivity contribution in [2.24, 2.45) is 11.1 Å². The van der Waals surface area contributed by atoms with Crippen molar-refractivity contribution >= 4 is 41.6 Å². The predicted octanol–water partition coefficient (Wildman–Crippen LogP) is 5.68. The Balaban J connectivity index is 1.27. The summed E-state index contributed by atoms with van der Waals surface area (Å²) in [7, 11) is -2.48. The van der Waals surface area contributed by atoms with Crippen LogP contribution >= 0.6 is 30.5 Å². The lowest BCUT2D eigenvalue weighted by molar-refractivity contribution is 0.187. The van der Waals surface area contributed by atoms with Crippen molar-refractivity contribution in [3.05, 3.63) is 70.5 Å². The molecule has 1 aliphatic carbocycles. The normalized spacial score (nSPS) is 19.4. The van der Waals surface area contributed by atoms with Crippen molar-refractivity contribution in [3.8, 4) is 0 Å². The number of aromatic nitrogens is 2. The van der Waals surface area contributed by atoms with Gasteiger partial charge in [-0.25, -0.2) is 9.97 Å². The Morgan fingerprint density at radius 2 is 1.85 bits per heavy atom. The van der Waals surface area contributed by atoms with E-state index in [1.54, 1.807) is 19.5 Å². The number of nitrogens with two attached hydrogens (primary N) is 1. The van der Waals surface area contributed by atoms with Crippen LogP contribution in [0.4, 0.5) is 5.82 Å². The minimum atomic E-state index is -2.48. The molecule has 5 nitrogen and oxygen atoms in total. The number of anilines is 1. The topological polar surface area (TPSA) is 72.1 Å². The fraction of sp³-hybridized carbons (Fsp3) is 0.385. The van der Waals surface area contributed by atoms with Crippen LogP contribution in [0, 0.1) is 12.3 Å². The third kappa shape index (κ3) is 4.30. The van der Waals surface area contributed by atoms with Crippen molar-refractivity contribution in [3.63, 3.8) is 0 Å². The number of rotatable bonds is 4. The van der Waals surface area contributed by atoms with Gasteiger partial charge in [-0.15, -0.1) is 0 Å². The van der Waals surface area contributed by atoms with E-state index in [0.717, 1.165) is 59.0 Å². The maximum absolute atomic E-state index is 12.7. The van der Waals surface area contributed by atoms with E-state index >= 15 is 0 Å². The monoisotopic (exact) mass is 512 g/mol. The van der Waals surface area contributed by atoms with Gasteiger partial charge in [-0.2, -0.15) is 0 Å². The quantitative estimate of drug-likeness (QED) is 0.453. The van der Waals surface area contributed by atoms with Gasteiger partial charge in [0.05, 0.1) is 17.4 Å². The summed E-state index contributed by atoms with van der Waals surface area (Å²) in [5, 5.41) is 2.07. The predicted molar refractivity (Wildman–Crippen MR) is 142 cm³/mol. The number of piperidine rings is 1. The molecular weight excluding hydrogens is 483 g/mol. The molecule has 1 fully saturated rings. The number of fused-ring (bicyclic) bond motifs is 1. The van der Waals surface area contributed by atoms with Crippen LogP contribution in [0.25, 0.3) is 0 Å². The Morgan fingerprint density at radius 1 is 1.12 bits per heavy atom. The molecule has 0 bridgehead atoms. The molecule has 178 valence electrons. The zero-order valence-corrected chi connectivity index (χ0v) is 22.3. The van der Waals surface area contributed by atoms with Crippen LogP contribution in [-0.4, -0.2) is 36.4 Å². The lowest BCUT2D eigenvalue weighted by Gasteiger charge is -2.42. The van der Waals surface area contributed by atoms with E-state index in [-0.39, 0.29) is 11.5 Å². The first kappa shape index (κ1) is 23.9. The number of hydrogen-bond acceptors (Lipinski definition) is 6. The summed E-state index contributed by atoms with van der Waals surface area (Å²) in [5.41, 5.74) is 10.5. The number of aryl methyl sites for hydroxylation is 1. The highest BCUT2D eigenvalue weighted by Crippen LogP contribution is 2.51. The van der Waals surface area contributed by atoms with E-state index in [4.69, 9.17) is 22.3 Å². The van der Waals surface area contributed by atoms with Gasteiger partial charge in [-0.1, -0.05) is 53.7 Å². The second-order valence-electron chi connectivity index (χ2n) is 9.91. The van der Waals surface area contributed by atoms with Gasteiger partial charge in [0.15, 0.2) is 0 Å². The molecule has 1 aromatic heterocycles. The summed E-state index contributed by atoms with van der Waals surface area (Å²) in [6, 6.07) is 12.7. The third-order valence-corrected chi connectivity index (χ3v) is 10.6. The van der Waals surface area contributed by atoms with E-state index in [1.165, 1.54) is 22.9 Å². The van der Waals surface area contributed by atoms with Gasteiger partial charge in [0, 0.05) is 29.3 Å². The van der Waals surface area contributed by atoms with Crippen LogP contribution in [0.5, 0.6) is 0 Å². The van der Waals surface area contributed by atoms with Crippen LogP contribution in [0.3, 0.4) is 0 Å². The van der Waals surface area contributed by atoms with Crippen molar-refractivity contribution in [2.75, 3.05) is 31.3 Å². The summed E-state index contributed by atoms with van der Waals surface area (Å²) >= 11 is 8.10. The first-order chi connectivity index (χ1) is 16.2. The second-order valence-corrected chi connectivity index (χ2v) is 14.5.